The van der Waals surface area contributed by atoms with Gasteiger partial charge in [-0.15, -0.1) is 0 Å². The Balaban J connectivity index is 1.33. The highest BCUT2D eigenvalue weighted by atomic mass is 35.5. The summed E-state index contributed by atoms with van der Waals surface area (Å²) in [6.45, 7) is 2.75. The maximum Gasteiger partial charge on any atom is 0.141 e. The zero-order valence-electron chi connectivity index (χ0n) is 18.7. The molecule has 3 aromatic heterocycles. The highest BCUT2D eigenvalue weighted by Gasteiger charge is 2.23. The molecule has 7 nitrogen and oxygen atoms in total. The van der Waals surface area contributed by atoms with Gasteiger partial charge in [-0.1, -0.05) is 17.7 Å². The summed E-state index contributed by atoms with van der Waals surface area (Å²) in [5, 5.41) is 4.15. The van der Waals surface area contributed by atoms with Gasteiger partial charge in [-0.05, 0) is 30.7 Å². The summed E-state index contributed by atoms with van der Waals surface area (Å²) in [4.78, 5) is 11.6. The summed E-state index contributed by atoms with van der Waals surface area (Å²) in [6, 6.07) is 14.3. The van der Waals surface area contributed by atoms with Crippen LogP contribution in [-0.2, 0) is 6.54 Å². The van der Waals surface area contributed by atoms with E-state index in [1.165, 1.54) is 5.69 Å². The van der Waals surface area contributed by atoms with E-state index in [9.17, 15) is 0 Å². The van der Waals surface area contributed by atoms with Crippen LogP contribution in [0.2, 0.25) is 5.02 Å². The van der Waals surface area contributed by atoms with Crippen LogP contribution in [0.1, 0.15) is 12.1 Å². The Morgan fingerprint density at radius 2 is 2.00 bits per heavy atom. The van der Waals surface area contributed by atoms with Crippen LogP contribution in [0.4, 0.5) is 5.69 Å². The molecule has 170 valence electrons. The number of hydrogen-bond acceptors (Lipinski definition) is 6. The SMILES string of the molecule is COc1cc(OC)c(-c2cn3ccc(N4CC[C@H](NCc5ccccn5)C4)cc3n2)cc1Cl. The molecule has 1 aliphatic heterocycles. The first-order valence-electron chi connectivity index (χ1n) is 10.9. The van der Waals surface area contributed by atoms with Crippen molar-refractivity contribution in [3.8, 4) is 22.8 Å². The molecule has 0 radical (unpaired) electrons. The van der Waals surface area contributed by atoms with E-state index in [2.05, 4.69) is 33.4 Å². The van der Waals surface area contributed by atoms with Gasteiger partial charge in [0.15, 0.2) is 0 Å². The molecule has 1 saturated heterocycles. The van der Waals surface area contributed by atoms with E-state index in [4.69, 9.17) is 26.1 Å². The second-order valence-corrected chi connectivity index (χ2v) is 8.50. The van der Waals surface area contributed by atoms with E-state index < -0.39 is 0 Å². The molecular formula is C25H26ClN5O2. The van der Waals surface area contributed by atoms with Gasteiger partial charge in [0.25, 0.3) is 0 Å². The predicted molar refractivity (Wildman–Crippen MR) is 130 cm³/mol. The minimum absolute atomic E-state index is 0.434. The first kappa shape index (κ1) is 21.6. The van der Waals surface area contributed by atoms with Crippen molar-refractivity contribution in [2.24, 2.45) is 0 Å². The van der Waals surface area contributed by atoms with Crippen molar-refractivity contribution in [3.05, 3.63) is 71.8 Å². The number of nitrogens with zero attached hydrogens (tertiary/aromatic N) is 4. The number of fused-ring (bicyclic) bond motifs is 1. The molecule has 4 heterocycles. The highest BCUT2D eigenvalue weighted by Crippen LogP contribution is 2.38. The molecule has 5 rings (SSSR count). The monoisotopic (exact) mass is 463 g/mol. The summed E-state index contributed by atoms with van der Waals surface area (Å²) in [5.74, 6) is 1.24. The van der Waals surface area contributed by atoms with Crippen molar-refractivity contribution in [3.63, 3.8) is 0 Å². The van der Waals surface area contributed by atoms with Crippen LogP contribution >= 0.6 is 11.6 Å². The molecule has 0 bridgehead atoms. The fourth-order valence-corrected chi connectivity index (χ4v) is 4.51. The molecule has 0 saturated carbocycles. The third kappa shape index (κ3) is 4.47. The van der Waals surface area contributed by atoms with Crippen LogP contribution in [0.5, 0.6) is 11.5 Å². The number of nitrogens with one attached hydrogen (secondary N) is 1. The van der Waals surface area contributed by atoms with Gasteiger partial charge in [0.05, 0.1) is 30.6 Å². The van der Waals surface area contributed by atoms with Gasteiger partial charge in [0.2, 0.25) is 0 Å². The Bertz CT molecular complexity index is 1260. The fourth-order valence-electron chi connectivity index (χ4n) is 4.27. The van der Waals surface area contributed by atoms with Crippen LogP contribution in [0, 0.1) is 0 Å². The Labute approximate surface area is 197 Å². The van der Waals surface area contributed by atoms with Crippen LogP contribution < -0.4 is 19.7 Å². The highest BCUT2D eigenvalue weighted by molar-refractivity contribution is 6.32. The van der Waals surface area contributed by atoms with E-state index in [-0.39, 0.29) is 0 Å². The molecule has 8 heteroatoms. The summed E-state index contributed by atoms with van der Waals surface area (Å²) in [5.41, 5.74) is 4.73. The predicted octanol–water partition coefficient (Wildman–Crippen LogP) is 4.44. The minimum Gasteiger partial charge on any atom is -0.496 e. The Morgan fingerprint density at radius 1 is 1.12 bits per heavy atom. The van der Waals surface area contributed by atoms with Crippen molar-refractivity contribution in [1.29, 1.82) is 0 Å². The number of rotatable bonds is 7. The molecule has 0 spiro atoms. The van der Waals surface area contributed by atoms with E-state index in [1.54, 1.807) is 20.3 Å². The number of methoxy groups -OCH3 is 2. The zero-order chi connectivity index (χ0) is 22.8. The molecule has 4 aromatic rings. The van der Waals surface area contributed by atoms with Crippen LogP contribution in [0.15, 0.2) is 61.1 Å². The number of halogens is 1. The number of benzene rings is 1. The minimum atomic E-state index is 0.434. The quantitative estimate of drug-likeness (QED) is 0.437. The van der Waals surface area contributed by atoms with Crippen molar-refractivity contribution in [2.45, 2.75) is 19.0 Å². The maximum atomic E-state index is 6.37. The van der Waals surface area contributed by atoms with Gasteiger partial charge in [0.1, 0.15) is 17.1 Å². The van der Waals surface area contributed by atoms with Gasteiger partial charge >= 0.3 is 0 Å². The Morgan fingerprint density at radius 3 is 2.79 bits per heavy atom. The molecule has 0 amide bonds. The second kappa shape index (κ2) is 9.29. The van der Waals surface area contributed by atoms with Gasteiger partial charge in [-0.3, -0.25) is 4.98 Å². The largest absolute Gasteiger partial charge is 0.496 e. The molecule has 33 heavy (non-hydrogen) atoms. The summed E-state index contributed by atoms with van der Waals surface area (Å²) in [6.07, 6.45) is 6.97. The lowest BCUT2D eigenvalue weighted by atomic mass is 10.1. The standard InChI is InChI=1S/C25H26ClN5O2/c1-32-23-13-24(33-2)21(26)12-20(23)22-16-31-10-7-19(11-25(31)29-22)30-9-6-18(15-30)28-14-17-5-3-4-8-27-17/h3-5,7-8,10-13,16,18,28H,6,9,14-15H2,1-2H3/t18-/m0/s1. The normalized spacial score (nSPS) is 15.8. The summed E-state index contributed by atoms with van der Waals surface area (Å²) < 4.78 is 12.9. The number of imidazole rings is 1. The van der Waals surface area contributed by atoms with Gasteiger partial charge in [0, 0.05) is 67.7 Å². The third-order valence-corrected chi connectivity index (χ3v) is 6.34. The van der Waals surface area contributed by atoms with Crippen molar-refractivity contribution < 1.29 is 9.47 Å². The summed E-state index contributed by atoms with van der Waals surface area (Å²) >= 11 is 6.37. The Hall–Kier alpha value is -3.29. The van der Waals surface area contributed by atoms with Gasteiger partial charge in [-0.25, -0.2) is 4.98 Å². The van der Waals surface area contributed by atoms with E-state index >= 15 is 0 Å². The van der Waals surface area contributed by atoms with E-state index in [0.717, 1.165) is 48.7 Å². The van der Waals surface area contributed by atoms with Crippen molar-refractivity contribution in [2.75, 3.05) is 32.2 Å². The van der Waals surface area contributed by atoms with Crippen molar-refractivity contribution >= 4 is 22.9 Å². The van der Waals surface area contributed by atoms with E-state index in [1.807, 2.05) is 41.2 Å². The molecule has 1 aromatic carbocycles. The number of anilines is 1. The average molecular weight is 464 g/mol. The van der Waals surface area contributed by atoms with Gasteiger partial charge in [-0.2, -0.15) is 0 Å². The van der Waals surface area contributed by atoms with Crippen LogP contribution in [-0.4, -0.2) is 47.7 Å². The van der Waals surface area contributed by atoms with Gasteiger partial charge < -0.3 is 24.1 Å². The maximum absolute atomic E-state index is 6.37. The van der Waals surface area contributed by atoms with Crippen molar-refractivity contribution in [1.82, 2.24) is 19.7 Å². The molecular weight excluding hydrogens is 438 g/mol. The Kier molecular flexibility index (Phi) is 6.07. The molecule has 1 fully saturated rings. The summed E-state index contributed by atoms with van der Waals surface area (Å²) in [7, 11) is 3.22. The lowest BCUT2D eigenvalue weighted by Crippen LogP contribution is -2.32. The van der Waals surface area contributed by atoms with Crippen LogP contribution in [0.3, 0.4) is 0 Å². The molecule has 1 atom stereocenters. The third-order valence-electron chi connectivity index (χ3n) is 6.05. The zero-order valence-corrected chi connectivity index (χ0v) is 19.4. The first-order valence-corrected chi connectivity index (χ1v) is 11.3. The molecule has 1 N–H and O–H groups in total. The lowest BCUT2D eigenvalue weighted by Gasteiger charge is -2.19. The second-order valence-electron chi connectivity index (χ2n) is 8.10. The number of aromatic nitrogens is 3. The smallest absolute Gasteiger partial charge is 0.141 e. The topological polar surface area (TPSA) is 63.9 Å². The number of ether oxygens (including phenoxy) is 2. The van der Waals surface area contributed by atoms with Crippen LogP contribution in [0.25, 0.3) is 16.9 Å². The number of pyridine rings is 2. The average Bonchev–Trinajstić information content (AvgIpc) is 3.50. The fraction of sp³-hybridized carbons (Fsp3) is 0.280. The molecule has 0 unspecified atom stereocenters. The van der Waals surface area contributed by atoms with E-state index in [0.29, 0.717) is 22.6 Å². The molecule has 1 aliphatic rings. The lowest BCUT2D eigenvalue weighted by molar-refractivity contribution is 0.395. The molecule has 0 aliphatic carbocycles. The first-order chi connectivity index (χ1) is 16.1. The number of hydrogen-bond donors (Lipinski definition) is 1.